The van der Waals surface area contributed by atoms with E-state index >= 15 is 0 Å². The largest absolute Gasteiger partial charge is 0.392 e. The van der Waals surface area contributed by atoms with E-state index in [2.05, 4.69) is 0 Å². The van der Waals surface area contributed by atoms with E-state index in [1.165, 1.54) is 6.07 Å². The van der Waals surface area contributed by atoms with Crippen LogP contribution < -0.4 is 4.90 Å². The summed E-state index contributed by atoms with van der Waals surface area (Å²) in [6.07, 6.45) is 0.125. The summed E-state index contributed by atoms with van der Waals surface area (Å²) in [7, 11) is 0. The lowest BCUT2D eigenvalue weighted by Crippen LogP contribution is -2.45. The number of hydrogen-bond acceptors (Lipinski definition) is 5. The van der Waals surface area contributed by atoms with Gasteiger partial charge in [0.25, 0.3) is 5.69 Å². The first kappa shape index (κ1) is 17.4. The number of nitro groups is 1. The second kappa shape index (κ2) is 7.06. The van der Waals surface area contributed by atoms with Crippen LogP contribution in [0.25, 0.3) is 0 Å². The molecular weight excluding hydrogens is 298 g/mol. The molecule has 1 heterocycles. The van der Waals surface area contributed by atoms with Gasteiger partial charge in [-0.2, -0.15) is 0 Å². The first-order valence-corrected chi connectivity index (χ1v) is 7.79. The highest BCUT2D eigenvalue weighted by Gasteiger charge is 2.28. The van der Waals surface area contributed by atoms with Crippen molar-refractivity contribution in [3.05, 3.63) is 33.9 Å². The molecule has 1 aromatic rings. The highest BCUT2D eigenvalue weighted by Crippen LogP contribution is 2.31. The van der Waals surface area contributed by atoms with Gasteiger partial charge in [0.15, 0.2) is 0 Å². The smallest absolute Gasteiger partial charge is 0.269 e. The van der Waals surface area contributed by atoms with Crippen molar-refractivity contribution in [2.24, 2.45) is 0 Å². The molecule has 1 aliphatic rings. The topological polar surface area (TPSA) is 86.9 Å². The molecule has 1 atom stereocenters. The van der Waals surface area contributed by atoms with Crippen molar-refractivity contribution < 1.29 is 14.8 Å². The molecule has 0 spiro atoms. The lowest BCUT2D eigenvalue weighted by atomic mass is 10.1. The van der Waals surface area contributed by atoms with E-state index in [1.54, 1.807) is 24.0 Å². The fraction of sp³-hybridized carbons (Fsp3) is 0.562. The molecule has 0 aliphatic carbocycles. The van der Waals surface area contributed by atoms with Crippen molar-refractivity contribution >= 4 is 17.3 Å². The predicted octanol–water partition coefficient (Wildman–Crippen LogP) is 1.58. The molecule has 1 amide bonds. The Morgan fingerprint density at radius 1 is 1.43 bits per heavy atom. The number of carbonyl (C=O) groups is 1. The lowest BCUT2D eigenvalue weighted by molar-refractivity contribution is -0.384. The second-order valence-electron chi connectivity index (χ2n) is 6.24. The molecule has 0 aromatic heterocycles. The predicted molar refractivity (Wildman–Crippen MR) is 87.5 cm³/mol. The molecule has 0 saturated heterocycles. The number of hydrogen-bond donors (Lipinski definition) is 1. The van der Waals surface area contributed by atoms with Crippen LogP contribution in [-0.4, -0.2) is 52.6 Å². The molecule has 7 nitrogen and oxygen atoms in total. The molecule has 23 heavy (non-hydrogen) atoms. The molecule has 1 unspecified atom stereocenters. The number of fused-ring (bicyclic) bond motifs is 1. The molecule has 1 aromatic carbocycles. The van der Waals surface area contributed by atoms with Gasteiger partial charge in [-0.3, -0.25) is 19.8 Å². The molecule has 0 bridgehead atoms. The van der Waals surface area contributed by atoms with Crippen molar-refractivity contribution in [2.75, 3.05) is 24.5 Å². The number of rotatable bonds is 6. The second-order valence-corrected chi connectivity index (χ2v) is 6.24. The van der Waals surface area contributed by atoms with Gasteiger partial charge >= 0.3 is 0 Å². The Balaban J connectivity index is 2.12. The summed E-state index contributed by atoms with van der Waals surface area (Å²) in [6, 6.07) is 4.76. The van der Waals surface area contributed by atoms with E-state index in [1.807, 2.05) is 18.7 Å². The number of nitro benzene ring substituents is 1. The third kappa shape index (κ3) is 4.05. The fourth-order valence-corrected chi connectivity index (χ4v) is 2.82. The minimum atomic E-state index is -0.501. The number of aliphatic hydroxyl groups excluding tert-OH is 1. The molecule has 0 radical (unpaired) electrons. The number of anilines is 1. The monoisotopic (exact) mass is 321 g/mol. The van der Waals surface area contributed by atoms with Crippen molar-refractivity contribution in [1.29, 1.82) is 0 Å². The molecule has 2 rings (SSSR count). The van der Waals surface area contributed by atoms with Crippen LogP contribution in [-0.2, 0) is 11.2 Å². The molecule has 126 valence electrons. The van der Waals surface area contributed by atoms with Gasteiger partial charge in [-0.25, -0.2) is 0 Å². The molecule has 7 heteroatoms. The molecular formula is C16H23N3O4. The van der Waals surface area contributed by atoms with Crippen LogP contribution in [0.2, 0.25) is 0 Å². The quantitative estimate of drug-likeness (QED) is 0.635. The van der Waals surface area contributed by atoms with Gasteiger partial charge in [-0.05, 0) is 38.8 Å². The van der Waals surface area contributed by atoms with Crippen LogP contribution >= 0.6 is 0 Å². The average Bonchev–Trinajstić information content (AvgIpc) is 2.88. The normalized spacial score (nSPS) is 15.1. The Kier molecular flexibility index (Phi) is 5.33. The summed E-state index contributed by atoms with van der Waals surface area (Å²) in [5.74, 6) is -0.0491. The maximum atomic E-state index is 12.6. The maximum absolute atomic E-state index is 12.6. The van der Waals surface area contributed by atoms with Gasteiger partial charge < -0.3 is 10.0 Å². The average molecular weight is 321 g/mol. The van der Waals surface area contributed by atoms with Crippen LogP contribution in [0.3, 0.4) is 0 Å². The van der Waals surface area contributed by atoms with Crippen molar-refractivity contribution in [2.45, 2.75) is 39.3 Å². The van der Waals surface area contributed by atoms with Crippen LogP contribution in [0.5, 0.6) is 0 Å². The summed E-state index contributed by atoms with van der Waals surface area (Å²) >= 11 is 0. The summed E-state index contributed by atoms with van der Waals surface area (Å²) in [4.78, 5) is 26.6. The summed E-state index contributed by atoms with van der Waals surface area (Å²) in [5, 5.41) is 20.4. The fourth-order valence-electron chi connectivity index (χ4n) is 2.82. The number of aliphatic hydroxyl groups is 1. The third-order valence-corrected chi connectivity index (χ3v) is 4.04. The Labute approximate surface area is 135 Å². The molecule has 0 saturated carbocycles. The van der Waals surface area contributed by atoms with E-state index in [0.717, 1.165) is 11.3 Å². The summed E-state index contributed by atoms with van der Waals surface area (Å²) in [5.41, 5.74) is 1.64. The van der Waals surface area contributed by atoms with E-state index in [9.17, 15) is 20.0 Å². The zero-order valence-electron chi connectivity index (χ0n) is 13.7. The minimum absolute atomic E-state index is 0.0491. The number of carbonyl (C=O) groups excluding carboxylic acids is 1. The summed E-state index contributed by atoms with van der Waals surface area (Å²) < 4.78 is 0. The van der Waals surface area contributed by atoms with E-state index in [4.69, 9.17) is 0 Å². The van der Waals surface area contributed by atoms with Crippen molar-refractivity contribution in [3.8, 4) is 0 Å². The van der Waals surface area contributed by atoms with Gasteiger partial charge in [-0.1, -0.05) is 0 Å². The van der Waals surface area contributed by atoms with E-state index in [0.29, 0.717) is 19.5 Å². The standard InChI is InChI=1S/C16H23N3O4/c1-11(2)17(9-12(3)20)10-16(21)18-7-6-13-8-14(19(22)23)4-5-15(13)18/h4-5,8,11-12,20H,6-7,9-10H2,1-3H3. The number of nitrogens with zero attached hydrogens (tertiary/aromatic N) is 3. The third-order valence-electron chi connectivity index (χ3n) is 4.04. The van der Waals surface area contributed by atoms with Crippen LogP contribution in [0.15, 0.2) is 18.2 Å². The van der Waals surface area contributed by atoms with Gasteiger partial charge in [0.05, 0.1) is 17.6 Å². The van der Waals surface area contributed by atoms with Crippen LogP contribution in [0.1, 0.15) is 26.3 Å². The SMILES string of the molecule is CC(O)CN(CC(=O)N1CCc2cc([N+](=O)[O-])ccc21)C(C)C. The van der Waals surface area contributed by atoms with Gasteiger partial charge in [0.1, 0.15) is 0 Å². The molecule has 1 aliphatic heterocycles. The highest BCUT2D eigenvalue weighted by molar-refractivity contribution is 5.97. The Hall–Kier alpha value is -1.99. The van der Waals surface area contributed by atoms with Crippen LogP contribution in [0, 0.1) is 10.1 Å². The number of benzene rings is 1. The first-order chi connectivity index (χ1) is 10.8. The van der Waals surface area contributed by atoms with E-state index in [-0.39, 0.29) is 24.2 Å². The van der Waals surface area contributed by atoms with Gasteiger partial charge in [-0.15, -0.1) is 0 Å². The van der Waals surface area contributed by atoms with Crippen LogP contribution in [0.4, 0.5) is 11.4 Å². The van der Waals surface area contributed by atoms with Gasteiger partial charge in [0.2, 0.25) is 5.91 Å². The zero-order chi connectivity index (χ0) is 17.1. The summed E-state index contributed by atoms with van der Waals surface area (Å²) in [6.45, 7) is 6.86. The minimum Gasteiger partial charge on any atom is -0.392 e. The van der Waals surface area contributed by atoms with Gasteiger partial charge in [0, 0.05) is 37.0 Å². The highest BCUT2D eigenvalue weighted by atomic mass is 16.6. The lowest BCUT2D eigenvalue weighted by Gasteiger charge is -2.29. The van der Waals surface area contributed by atoms with Crippen molar-refractivity contribution in [3.63, 3.8) is 0 Å². The number of non-ortho nitro benzene ring substituents is 1. The number of amides is 1. The zero-order valence-corrected chi connectivity index (χ0v) is 13.7. The first-order valence-electron chi connectivity index (χ1n) is 7.79. The Bertz CT molecular complexity index is 601. The Morgan fingerprint density at radius 2 is 2.13 bits per heavy atom. The van der Waals surface area contributed by atoms with E-state index < -0.39 is 11.0 Å². The molecule has 0 fully saturated rings. The molecule has 1 N–H and O–H groups in total. The maximum Gasteiger partial charge on any atom is 0.269 e. The Morgan fingerprint density at radius 3 is 2.70 bits per heavy atom. The van der Waals surface area contributed by atoms with Crippen molar-refractivity contribution in [1.82, 2.24) is 4.90 Å².